The van der Waals surface area contributed by atoms with E-state index < -0.39 is 14.9 Å². The van der Waals surface area contributed by atoms with E-state index in [1.807, 2.05) is 0 Å². The highest BCUT2D eigenvalue weighted by atomic mass is 79.9. The van der Waals surface area contributed by atoms with E-state index in [1.165, 1.54) is 6.07 Å². The van der Waals surface area contributed by atoms with Gasteiger partial charge in [-0.2, -0.15) is 0 Å². The predicted octanol–water partition coefficient (Wildman–Crippen LogP) is 1.13. The van der Waals surface area contributed by atoms with Gasteiger partial charge in [-0.3, -0.25) is 10.1 Å². The molecule has 9 heteroatoms. The third-order valence-corrected chi connectivity index (χ3v) is 3.85. The van der Waals surface area contributed by atoms with Crippen LogP contribution in [0.25, 0.3) is 0 Å². The second kappa shape index (κ2) is 6.94. The molecular weight excluding hydrogens is 338 g/mol. The molecule has 0 saturated carbocycles. The molecule has 3 N–H and O–H groups in total. The number of halogens is 1. The number of sulfonamides is 1. The quantitative estimate of drug-likeness (QED) is 0.434. The summed E-state index contributed by atoms with van der Waals surface area (Å²) in [5.41, 5.74) is 0.759. The fraction of sp³-hybridized carbons (Fsp3) is 0.400. The van der Waals surface area contributed by atoms with Crippen LogP contribution < -0.4 is 10.5 Å². The molecule has 0 amide bonds. The van der Waals surface area contributed by atoms with Gasteiger partial charge in [0.2, 0.25) is 10.0 Å². The van der Waals surface area contributed by atoms with E-state index in [2.05, 4.69) is 21.2 Å². The molecule has 0 aliphatic carbocycles. The van der Waals surface area contributed by atoms with Gasteiger partial charge in [0.1, 0.15) is 0 Å². The van der Waals surface area contributed by atoms with Crippen molar-refractivity contribution in [1.82, 2.24) is 5.32 Å². The van der Waals surface area contributed by atoms with Gasteiger partial charge < -0.3 is 5.32 Å². The summed E-state index contributed by atoms with van der Waals surface area (Å²) >= 11 is 3.10. The molecule has 0 aromatic heterocycles. The average molecular weight is 352 g/mol. The summed E-state index contributed by atoms with van der Waals surface area (Å²) in [6, 6.07) is 4.83. The van der Waals surface area contributed by atoms with Crippen LogP contribution in [-0.2, 0) is 16.6 Å². The standard InChI is InChI=1S/C10H14BrN3O4S/c11-9-3-2-8(6-10(9)14(15)16)7-13-4-1-5-19(12,17)18/h2-3,6,13H,1,4-5,7H2,(H2,12,17,18). The van der Waals surface area contributed by atoms with Crippen LogP contribution in [0, 0.1) is 10.1 Å². The molecule has 0 radical (unpaired) electrons. The molecule has 1 aromatic carbocycles. The van der Waals surface area contributed by atoms with Gasteiger partial charge in [0.15, 0.2) is 0 Å². The van der Waals surface area contributed by atoms with Gasteiger partial charge in [-0.05, 0) is 40.5 Å². The van der Waals surface area contributed by atoms with E-state index in [4.69, 9.17) is 5.14 Å². The van der Waals surface area contributed by atoms with Crippen LogP contribution in [-0.4, -0.2) is 25.6 Å². The minimum atomic E-state index is -3.43. The third kappa shape index (κ3) is 6.10. The topological polar surface area (TPSA) is 115 Å². The zero-order valence-corrected chi connectivity index (χ0v) is 12.4. The van der Waals surface area contributed by atoms with Crippen molar-refractivity contribution in [2.45, 2.75) is 13.0 Å². The summed E-state index contributed by atoms with van der Waals surface area (Å²) in [7, 11) is -3.43. The van der Waals surface area contributed by atoms with Crippen molar-refractivity contribution in [1.29, 1.82) is 0 Å². The highest BCUT2D eigenvalue weighted by Gasteiger charge is 2.11. The Kier molecular flexibility index (Phi) is 5.85. The van der Waals surface area contributed by atoms with Crippen LogP contribution in [0.1, 0.15) is 12.0 Å². The molecule has 0 aliphatic rings. The van der Waals surface area contributed by atoms with Gasteiger partial charge in [-0.1, -0.05) is 6.07 Å². The lowest BCUT2D eigenvalue weighted by molar-refractivity contribution is -0.385. The van der Waals surface area contributed by atoms with Crippen LogP contribution in [0.2, 0.25) is 0 Å². The lowest BCUT2D eigenvalue weighted by Crippen LogP contribution is -2.22. The van der Waals surface area contributed by atoms with Crippen LogP contribution in [0.15, 0.2) is 22.7 Å². The maximum absolute atomic E-state index is 10.7. The lowest BCUT2D eigenvalue weighted by Gasteiger charge is -2.05. The fourth-order valence-corrected chi connectivity index (χ4v) is 2.38. The van der Waals surface area contributed by atoms with Crippen molar-refractivity contribution in [3.8, 4) is 0 Å². The number of nitrogens with two attached hydrogens (primary N) is 1. The molecule has 0 heterocycles. The van der Waals surface area contributed by atoms with E-state index in [0.29, 0.717) is 24.0 Å². The fourth-order valence-electron chi connectivity index (χ4n) is 1.44. The molecule has 0 aliphatic heterocycles. The van der Waals surface area contributed by atoms with Crippen molar-refractivity contribution in [3.63, 3.8) is 0 Å². The van der Waals surface area contributed by atoms with E-state index in [9.17, 15) is 18.5 Å². The lowest BCUT2D eigenvalue weighted by atomic mass is 10.2. The SMILES string of the molecule is NS(=O)(=O)CCCNCc1ccc(Br)c([N+](=O)[O-])c1. The average Bonchev–Trinajstić information content (AvgIpc) is 2.29. The normalized spacial score (nSPS) is 11.5. The monoisotopic (exact) mass is 351 g/mol. The summed E-state index contributed by atoms with van der Waals surface area (Å²) in [6.45, 7) is 0.902. The third-order valence-electron chi connectivity index (χ3n) is 2.32. The molecule has 0 bridgehead atoms. The van der Waals surface area contributed by atoms with Crippen molar-refractivity contribution in [2.75, 3.05) is 12.3 Å². The first kappa shape index (κ1) is 16.0. The number of hydrogen-bond donors (Lipinski definition) is 2. The maximum Gasteiger partial charge on any atom is 0.283 e. The molecule has 7 nitrogen and oxygen atoms in total. The van der Waals surface area contributed by atoms with Gasteiger partial charge >= 0.3 is 0 Å². The number of nitro benzene ring substituents is 1. The Hall–Kier alpha value is -1.03. The Morgan fingerprint density at radius 3 is 2.68 bits per heavy atom. The molecule has 1 aromatic rings. The van der Waals surface area contributed by atoms with Gasteiger partial charge in [-0.15, -0.1) is 0 Å². The molecule has 0 fully saturated rings. The molecule has 106 valence electrons. The molecule has 0 atom stereocenters. The number of benzene rings is 1. The van der Waals surface area contributed by atoms with Gasteiger partial charge in [0, 0.05) is 12.6 Å². The Balaban J connectivity index is 2.46. The first-order valence-corrected chi connectivity index (χ1v) is 7.94. The summed E-state index contributed by atoms with van der Waals surface area (Å²) in [5.74, 6) is -0.0829. The Labute approximate surface area is 119 Å². The van der Waals surface area contributed by atoms with E-state index in [1.54, 1.807) is 12.1 Å². The number of primary sulfonamides is 1. The van der Waals surface area contributed by atoms with Crippen LogP contribution in [0.3, 0.4) is 0 Å². The zero-order chi connectivity index (χ0) is 14.5. The smallest absolute Gasteiger partial charge is 0.283 e. The Morgan fingerprint density at radius 2 is 2.11 bits per heavy atom. The van der Waals surface area contributed by atoms with Crippen LogP contribution >= 0.6 is 15.9 Å². The van der Waals surface area contributed by atoms with Crippen molar-refractivity contribution < 1.29 is 13.3 Å². The highest BCUT2D eigenvalue weighted by Crippen LogP contribution is 2.25. The van der Waals surface area contributed by atoms with Crippen molar-refractivity contribution in [2.24, 2.45) is 5.14 Å². The first-order valence-electron chi connectivity index (χ1n) is 5.43. The summed E-state index contributed by atoms with van der Waals surface area (Å²) in [6.07, 6.45) is 0.400. The second-order valence-electron chi connectivity index (χ2n) is 3.94. The molecule has 0 spiro atoms. The molecule has 0 saturated heterocycles. The maximum atomic E-state index is 10.7. The molecule has 1 rings (SSSR count). The zero-order valence-electron chi connectivity index (χ0n) is 10.0. The first-order chi connectivity index (χ1) is 8.79. The highest BCUT2D eigenvalue weighted by molar-refractivity contribution is 9.10. The second-order valence-corrected chi connectivity index (χ2v) is 6.53. The van der Waals surface area contributed by atoms with Crippen LogP contribution in [0.5, 0.6) is 0 Å². The van der Waals surface area contributed by atoms with Crippen molar-refractivity contribution in [3.05, 3.63) is 38.3 Å². The molecule has 0 unspecified atom stereocenters. The number of nitrogens with one attached hydrogen (secondary N) is 1. The van der Waals surface area contributed by atoms with Gasteiger partial charge in [-0.25, -0.2) is 13.6 Å². The minimum absolute atomic E-state index is 0.00355. The minimum Gasteiger partial charge on any atom is -0.313 e. The predicted molar refractivity (Wildman–Crippen MR) is 75.1 cm³/mol. The summed E-state index contributed by atoms with van der Waals surface area (Å²) in [5, 5.41) is 18.6. The number of nitro groups is 1. The van der Waals surface area contributed by atoms with Crippen LogP contribution in [0.4, 0.5) is 5.69 Å². The largest absolute Gasteiger partial charge is 0.313 e. The van der Waals surface area contributed by atoms with E-state index in [0.717, 1.165) is 5.56 Å². The number of nitrogens with zero attached hydrogens (tertiary/aromatic N) is 1. The Morgan fingerprint density at radius 1 is 1.42 bits per heavy atom. The Bertz CT molecular complexity index is 562. The van der Waals surface area contributed by atoms with Crippen molar-refractivity contribution >= 4 is 31.6 Å². The summed E-state index contributed by atoms with van der Waals surface area (Å²) < 4.78 is 21.8. The van der Waals surface area contributed by atoms with E-state index >= 15 is 0 Å². The number of rotatable bonds is 7. The molecular formula is C10H14BrN3O4S. The summed E-state index contributed by atoms with van der Waals surface area (Å²) in [4.78, 5) is 10.3. The van der Waals surface area contributed by atoms with Gasteiger partial charge in [0.25, 0.3) is 5.69 Å². The van der Waals surface area contributed by atoms with Gasteiger partial charge in [0.05, 0.1) is 15.1 Å². The molecule has 19 heavy (non-hydrogen) atoms. The number of hydrogen-bond acceptors (Lipinski definition) is 5. The van der Waals surface area contributed by atoms with E-state index in [-0.39, 0.29) is 11.4 Å².